The van der Waals surface area contributed by atoms with E-state index in [1.54, 1.807) is 25.1 Å². The molecule has 0 aliphatic carbocycles. The highest BCUT2D eigenvalue weighted by atomic mass is 19.4. The Morgan fingerprint density at radius 3 is 2.53 bits per heavy atom. The van der Waals surface area contributed by atoms with E-state index < -0.39 is 35.2 Å². The van der Waals surface area contributed by atoms with E-state index in [4.69, 9.17) is 4.74 Å². The summed E-state index contributed by atoms with van der Waals surface area (Å²) in [6, 6.07) is 7.86. The fourth-order valence-electron chi connectivity index (χ4n) is 3.09. The number of alkyl halides is 3. The van der Waals surface area contributed by atoms with Crippen molar-refractivity contribution in [3.05, 3.63) is 65.2 Å². The summed E-state index contributed by atoms with van der Waals surface area (Å²) in [6.07, 6.45) is -4.08. The lowest BCUT2D eigenvalue weighted by Crippen LogP contribution is -2.35. The summed E-state index contributed by atoms with van der Waals surface area (Å²) >= 11 is 0. The Hall–Kier alpha value is -3.54. The van der Waals surface area contributed by atoms with Crippen LogP contribution >= 0.6 is 0 Å². The number of ether oxygens (including phenoxy) is 1. The molecule has 1 atom stereocenters. The second kappa shape index (κ2) is 9.30. The third-order valence-electron chi connectivity index (χ3n) is 4.65. The van der Waals surface area contributed by atoms with E-state index in [1.165, 1.54) is 37.4 Å². The average Bonchev–Trinajstić information content (AvgIpc) is 3.19. The zero-order valence-corrected chi connectivity index (χ0v) is 17.4. The molecule has 0 bridgehead atoms. The number of carbonyl (C=O) groups excluding carboxylic acids is 1. The molecule has 0 saturated carbocycles. The van der Waals surface area contributed by atoms with Crippen molar-refractivity contribution in [2.45, 2.75) is 12.2 Å². The van der Waals surface area contributed by atoms with Crippen molar-refractivity contribution < 1.29 is 27.1 Å². The number of methoxy groups -OCH3 is 1. The Balaban J connectivity index is 1.88. The summed E-state index contributed by atoms with van der Waals surface area (Å²) in [5.41, 5.74) is -1.40. The molecule has 2 aromatic heterocycles. The van der Waals surface area contributed by atoms with E-state index in [0.717, 1.165) is 6.20 Å². The van der Waals surface area contributed by atoms with E-state index in [9.17, 15) is 22.4 Å². The van der Waals surface area contributed by atoms with Gasteiger partial charge in [0.05, 0.1) is 24.9 Å². The van der Waals surface area contributed by atoms with Gasteiger partial charge in [-0.1, -0.05) is 12.1 Å². The van der Waals surface area contributed by atoms with Gasteiger partial charge in [-0.05, 0) is 37.9 Å². The van der Waals surface area contributed by atoms with Gasteiger partial charge in [-0.2, -0.15) is 18.3 Å². The summed E-state index contributed by atoms with van der Waals surface area (Å²) in [4.78, 5) is 14.4. The Bertz CT molecular complexity index is 1080. The Morgan fingerprint density at radius 1 is 1.22 bits per heavy atom. The van der Waals surface area contributed by atoms with Crippen LogP contribution in [-0.4, -0.2) is 58.5 Å². The van der Waals surface area contributed by atoms with Crippen LogP contribution < -0.4 is 10.1 Å². The fourth-order valence-corrected chi connectivity index (χ4v) is 3.09. The van der Waals surface area contributed by atoms with Crippen LogP contribution in [0.3, 0.4) is 0 Å². The van der Waals surface area contributed by atoms with Gasteiger partial charge in [0.15, 0.2) is 11.5 Å². The van der Waals surface area contributed by atoms with Gasteiger partial charge >= 0.3 is 6.18 Å². The first-order chi connectivity index (χ1) is 15.1. The molecule has 1 aromatic carbocycles. The summed E-state index contributed by atoms with van der Waals surface area (Å²) in [5.74, 6) is -1.56. The molecule has 0 saturated heterocycles. The topological polar surface area (TPSA) is 85.2 Å². The number of amides is 1. The van der Waals surface area contributed by atoms with Crippen LogP contribution in [0.2, 0.25) is 0 Å². The van der Waals surface area contributed by atoms with Crippen molar-refractivity contribution in [1.29, 1.82) is 0 Å². The van der Waals surface area contributed by atoms with Crippen molar-refractivity contribution >= 4 is 5.91 Å². The molecule has 8 nitrogen and oxygen atoms in total. The summed E-state index contributed by atoms with van der Waals surface area (Å²) in [6.45, 7) is -0.0555. The number of aromatic nitrogens is 4. The van der Waals surface area contributed by atoms with Crippen LogP contribution in [0.5, 0.6) is 5.88 Å². The molecule has 12 heteroatoms. The Labute approximate surface area is 180 Å². The first-order valence-corrected chi connectivity index (χ1v) is 9.35. The fraction of sp³-hybridized carbons (Fsp3) is 0.300. The third kappa shape index (κ3) is 5.02. The minimum Gasteiger partial charge on any atom is -0.480 e. The minimum atomic E-state index is -4.89. The molecule has 3 rings (SSSR count). The van der Waals surface area contributed by atoms with Gasteiger partial charge in [0.2, 0.25) is 5.88 Å². The van der Waals surface area contributed by atoms with Crippen LogP contribution in [0.15, 0.2) is 42.6 Å². The first-order valence-electron chi connectivity index (χ1n) is 9.35. The maximum absolute atomic E-state index is 13.8. The second-order valence-electron chi connectivity index (χ2n) is 6.99. The van der Waals surface area contributed by atoms with E-state index >= 15 is 0 Å². The Morgan fingerprint density at radius 2 is 1.97 bits per heavy atom. The quantitative estimate of drug-likeness (QED) is 0.555. The number of halogens is 4. The van der Waals surface area contributed by atoms with Crippen molar-refractivity contribution in [3.63, 3.8) is 0 Å². The smallest absolute Gasteiger partial charge is 0.434 e. The second-order valence-corrected chi connectivity index (χ2v) is 6.99. The summed E-state index contributed by atoms with van der Waals surface area (Å²) in [7, 11) is 4.76. The normalized spacial score (nSPS) is 12.6. The lowest BCUT2D eigenvalue weighted by atomic mass is 10.1. The number of nitrogens with one attached hydrogen (secondary N) is 1. The first kappa shape index (κ1) is 23.1. The SMILES string of the molecule is COc1ccc(-n2ncc(C(=O)NCC(c3cccc(F)c3)N(C)C)c2C(F)(F)F)nn1. The predicted octanol–water partition coefficient (Wildman–Crippen LogP) is 2.86. The number of nitrogens with zero attached hydrogens (tertiary/aromatic N) is 5. The van der Waals surface area contributed by atoms with Gasteiger partial charge in [0.1, 0.15) is 5.82 Å². The van der Waals surface area contributed by atoms with Crippen LogP contribution in [-0.2, 0) is 6.18 Å². The summed E-state index contributed by atoms with van der Waals surface area (Å²) in [5, 5.41) is 13.5. The standard InChI is InChI=1S/C20H20F4N6O2/c1-29(2)15(12-5-4-6-13(21)9-12)11-25-19(31)14-10-26-30(18(14)20(22,23)24)16-7-8-17(32-3)28-27-16/h4-10,15H,11H2,1-3H3,(H,25,31). The van der Waals surface area contributed by atoms with Crippen LogP contribution in [0.4, 0.5) is 17.6 Å². The van der Waals surface area contributed by atoms with Gasteiger partial charge < -0.3 is 15.0 Å². The minimum absolute atomic E-state index is 0.0555. The molecule has 0 radical (unpaired) electrons. The molecule has 3 aromatic rings. The zero-order chi connectivity index (χ0) is 23.5. The molecule has 1 unspecified atom stereocenters. The maximum atomic E-state index is 13.8. The van der Waals surface area contributed by atoms with Crippen LogP contribution in [0.1, 0.15) is 27.7 Å². The van der Waals surface area contributed by atoms with E-state index in [1.807, 2.05) is 0 Å². The van der Waals surface area contributed by atoms with Gasteiger partial charge in [-0.25, -0.2) is 9.07 Å². The lowest BCUT2D eigenvalue weighted by Gasteiger charge is -2.25. The van der Waals surface area contributed by atoms with E-state index in [2.05, 4.69) is 20.6 Å². The average molecular weight is 452 g/mol. The van der Waals surface area contributed by atoms with E-state index in [-0.39, 0.29) is 18.2 Å². The third-order valence-corrected chi connectivity index (χ3v) is 4.65. The van der Waals surface area contributed by atoms with Crippen LogP contribution in [0, 0.1) is 5.82 Å². The highest BCUT2D eigenvalue weighted by Gasteiger charge is 2.41. The predicted molar refractivity (Wildman–Crippen MR) is 106 cm³/mol. The number of hydrogen-bond donors (Lipinski definition) is 1. The molecule has 1 N–H and O–H groups in total. The Kier molecular flexibility index (Phi) is 6.72. The zero-order valence-electron chi connectivity index (χ0n) is 17.4. The molecule has 170 valence electrons. The van der Waals surface area contributed by atoms with Crippen molar-refractivity contribution in [3.8, 4) is 11.7 Å². The van der Waals surface area contributed by atoms with Gasteiger partial charge in [0, 0.05) is 12.6 Å². The van der Waals surface area contributed by atoms with Crippen molar-refractivity contribution in [1.82, 2.24) is 30.2 Å². The number of likely N-dealkylation sites (N-methyl/N-ethyl adjacent to an activating group) is 1. The number of carbonyl (C=O) groups is 1. The largest absolute Gasteiger partial charge is 0.480 e. The molecule has 0 aliphatic heterocycles. The molecule has 2 heterocycles. The van der Waals surface area contributed by atoms with Crippen molar-refractivity contribution in [2.75, 3.05) is 27.7 Å². The molecule has 1 amide bonds. The lowest BCUT2D eigenvalue weighted by molar-refractivity contribution is -0.143. The number of rotatable bonds is 7. The molecule has 0 fully saturated rings. The molecule has 0 aliphatic rings. The number of benzene rings is 1. The van der Waals surface area contributed by atoms with Crippen molar-refractivity contribution in [2.24, 2.45) is 0 Å². The number of hydrogen-bond acceptors (Lipinski definition) is 6. The molecular formula is C20H20F4N6O2. The maximum Gasteiger partial charge on any atom is 0.434 e. The van der Waals surface area contributed by atoms with Crippen LogP contribution in [0.25, 0.3) is 5.82 Å². The highest BCUT2D eigenvalue weighted by Crippen LogP contribution is 2.33. The van der Waals surface area contributed by atoms with Gasteiger partial charge in [-0.3, -0.25) is 4.79 Å². The van der Waals surface area contributed by atoms with Gasteiger partial charge in [0.25, 0.3) is 5.91 Å². The molecular weight excluding hydrogens is 432 g/mol. The molecule has 0 spiro atoms. The monoisotopic (exact) mass is 452 g/mol. The highest BCUT2D eigenvalue weighted by molar-refractivity contribution is 5.95. The molecule has 32 heavy (non-hydrogen) atoms. The van der Waals surface area contributed by atoms with Gasteiger partial charge in [-0.15, -0.1) is 10.2 Å². The summed E-state index contributed by atoms with van der Waals surface area (Å²) < 4.78 is 60.4. The van der Waals surface area contributed by atoms with E-state index in [0.29, 0.717) is 10.2 Å².